The SMILES string of the molecule is C=CC(C)Nc1ccnc2cc(N)ccc12. The molecule has 3 nitrogen and oxygen atoms in total. The molecule has 0 saturated carbocycles. The minimum Gasteiger partial charge on any atom is -0.399 e. The van der Waals surface area contributed by atoms with Crippen molar-refractivity contribution in [3.63, 3.8) is 0 Å². The zero-order valence-electron chi connectivity index (χ0n) is 9.27. The highest BCUT2D eigenvalue weighted by Crippen LogP contribution is 2.23. The van der Waals surface area contributed by atoms with E-state index in [2.05, 4.69) is 23.8 Å². The van der Waals surface area contributed by atoms with Crippen LogP contribution in [0.1, 0.15) is 6.92 Å². The highest BCUT2D eigenvalue weighted by atomic mass is 14.9. The second-order valence-corrected chi connectivity index (χ2v) is 3.80. The number of benzene rings is 1. The normalized spacial score (nSPS) is 12.3. The highest BCUT2D eigenvalue weighted by Gasteiger charge is 2.03. The van der Waals surface area contributed by atoms with Crippen LogP contribution >= 0.6 is 0 Å². The van der Waals surface area contributed by atoms with Gasteiger partial charge in [0.05, 0.1) is 5.52 Å². The smallest absolute Gasteiger partial charge is 0.0743 e. The summed E-state index contributed by atoms with van der Waals surface area (Å²) in [6.45, 7) is 5.80. The average Bonchev–Trinajstić information content (AvgIpc) is 2.28. The number of fused-ring (bicyclic) bond motifs is 1. The maximum atomic E-state index is 5.72. The Balaban J connectivity index is 2.49. The first-order valence-corrected chi connectivity index (χ1v) is 5.24. The molecule has 1 aromatic heterocycles. The van der Waals surface area contributed by atoms with Crippen molar-refractivity contribution in [2.75, 3.05) is 11.1 Å². The van der Waals surface area contributed by atoms with Crippen molar-refractivity contribution in [2.45, 2.75) is 13.0 Å². The van der Waals surface area contributed by atoms with Gasteiger partial charge in [0.2, 0.25) is 0 Å². The molecular weight excluding hydrogens is 198 g/mol. The summed E-state index contributed by atoms with van der Waals surface area (Å²) >= 11 is 0. The van der Waals surface area contributed by atoms with Gasteiger partial charge in [-0.1, -0.05) is 6.08 Å². The second kappa shape index (κ2) is 4.23. The van der Waals surface area contributed by atoms with Crippen LogP contribution in [-0.2, 0) is 0 Å². The molecule has 0 aliphatic rings. The van der Waals surface area contributed by atoms with Crippen LogP contribution in [0.2, 0.25) is 0 Å². The van der Waals surface area contributed by atoms with Crippen LogP contribution in [0.25, 0.3) is 10.9 Å². The summed E-state index contributed by atoms with van der Waals surface area (Å²) in [5, 5.41) is 4.43. The maximum Gasteiger partial charge on any atom is 0.0743 e. The van der Waals surface area contributed by atoms with Gasteiger partial charge in [0, 0.05) is 29.0 Å². The van der Waals surface area contributed by atoms with Crippen molar-refractivity contribution in [3.05, 3.63) is 43.1 Å². The Bertz CT molecular complexity index is 520. The predicted octanol–water partition coefficient (Wildman–Crippen LogP) is 2.80. The number of hydrogen-bond acceptors (Lipinski definition) is 3. The fourth-order valence-corrected chi connectivity index (χ4v) is 1.60. The van der Waals surface area contributed by atoms with Crippen LogP contribution < -0.4 is 11.1 Å². The van der Waals surface area contributed by atoms with Crippen LogP contribution in [0.3, 0.4) is 0 Å². The fraction of sp³-hybridized carbons (Fsp3) is 0.154. The number of pyridine rings is 1. The van der Waals surface area contributed by atoms with E-state index in [1.165, 1.54) is 0 Å². The van der Waals surface area contributed by atoms with Gasteiger partial charge in [0.1, 0.15) is 0 Å². The first kappa shape index (κ1) is 10.5. The molecular formula is C13H15N3. The van der Waals surface area contributed by atoms with E-state index in [-0.39, 0.29) is 6.04 Å². The molecule has 1 aromatic carbocycles. The quantitative estimate of drug-likeness (QED) is 0.609. The minimum absolute atomic E-state index is 0.225. The summed E-state index contributed by atoms with van der Waals surface area (Å²) in [5.74, 6) is 0. The first-order valence-electron chi connectivity index (χ1n) is 5.24. The monoisotopic (exact) mass is 213 g/mol. The van der Waals surface area contributed by atoms with Crippen molar-refractivity contribution in [2.24, 2.45) is 0 Å². The molecule has 3 N–H and O–H groups in total. The number of hydrogen-bond donors (Lipinski definition) is 2. The molecule has 0 bridgehead atoms. The Hall–Kier alpha value is -2.03. The van der Waals surface area contributed by atoms with E-state index >= 15 is 0 Å². The average molecular weight is 213 g/mol. The van der Waals surface area contributed by atoms with Crippen molar-refractivity contribution in [3.8, 4) is 0 Å². The fourth-order valence-electron chi connectivity index (χ4n) is 1.60. The summed E-state index contributed by atoms with van der Waals surface area (Å²) in [5.41, 5.74) is 8.41. The van der Waals surface area contributed by atoms with Crippen LogP contribution in [0.15, 0.2) is 43.1 Å². The zero-order valence-corrected chi connectivity index (χ0v) is 9.27. The molecule has 82 valence electrons. The van der Waals surface area contributed by atoms with Crippen LogP contribution in [-0.4, -0.2) is 11.0 Å². The number of nitrogens with two attached hydrogens (primary N) is 1. The molecule has 0 radical (unpaired) electrons. The zero-order chi connectivity index (χ0) is 11.5. The Morgan fingerprint density at radius 2 is 2.25 bits per heavy atom. The molecule has 0 aliphatic carbocycles. The molecule has 2 rings (SSSR count). The number of nitrogens with zero attached hydrogens (tertiary/aromatic N) is 1. The van der Waals surface area contributed by atoms with Crippen LogP contribution in [0.5, 0.6) is 0 Å². The molecule has 3 heteroatoms. The Morgan fingerprint density at radius 1 is 1.44 bits per heavy atom. The van der Waals surface area contributed by atoms with Gasteiger partial charge in [-0.3, -0.25) is 4.98 Å². The molecule has 0 fully saturated rings. The molecule has 0 spiro atoms. The van der Waals surface area contributed by atoms with E-state index in [9.17, 15) is 0 Å². The summed E-state index contributed by atoms with van der Waals surface area (Å²) in [7, 11) is 0. The minimum atomic E-state index is 0.225. The lowest BCUT2D eigenvalue weighted by Gasteiger charge is -2.13. The molecule has 0 amide bonds. The number of anilines is 2. The van der Waals surface area contributed by atoms with E-state index in [1.54, 1.807) is 6.20 Å². The summed E-state index contributed by atoms with van der Waals surface area (Å²) in [6, 6.07) is 7.92. The molecule has 1 heterocycles. The van der Waals surface area contributed by atoms with Crippen molar-refractivity contribution in [1.82, 2.24) is 4.98 Å². The predicted molar refractivity (Wildman–Crippen MR) is 69.4 cm³/mol. The Morgan fingerprint density at radius 3 is 3.00 bits per heavy atom. The Labute approximate surface area is 95.0 Å². The molecule has 1 unspecified atom stereocenters. The molecule has 1 atom stereocenters. The van der Waals surface area contributed by atoms with E-state index < -0.39 is 0 Å². The van der Waals surface area contributed by atoms with E-state index in [0.717, 1.165) is 22.3 Å². The highest BCUT2D eigenvalue weighted by molar-refractivity contribution is 5.92. The number of rotatable bonds is 3. The van der Waals surface area contributed by atoms with Crippen LogP contribution in [0, 0.1) is 0 Å². The van der Waals surface area contributed by atoms with Crippen LogP contribution in [0.4, 0.5) is 11.4 Å². The largest absolute Gasteiger partial charge is 0.399 e. The van der Waals surface area contributed by atoms with Gasteiger partial charge in [-0.15, -0.1) is 6.58 Å². The van der Waals surface area contributed by atoms with Gasteiger partial charge in [0.25, 0.3) is 0 Å². The van der Waals surface area contributed by atoms with Gasteiger partial charge >= 0.3 is 0 Å². The third-order valence-corrected chi connectivity index (χ3v) is 2.50. The molecule has 16 heavy (non-hydrogen) atoms. The van der Waals surface area contributed by atoms with Crippen molar-refractivity contribution >= 4 is 22.3 Å². The number of nitrogens with one attached hydrogen (secondary N) is 1. The number of nitrogen functional groups attached to an aromatic ring is 1. The van der Waals surface area contributed by atoms with E-state index in [1.807, 2.05) is 30.3 Å². The topological polar surface area (TPSA) is 50.9 Å². The van der Waals surface area contributed by atoms with Gasteiger partial charge < -0.3 is 11.1 Å². The summed E-state index contributed by atoms with van der Waals surface area (Å²) in [6.07, 6.45) is 3.64. The van der Waals surface area contributed by atoms with Gasteiger partial charge in [0.15, 0.2) is 0 Å². The Kier molecular flexibility index (Phi) is 2.77. The van der Waals surface area contributed by atoms with E-state index in [4.69, 9.17) is 5.73 Å². The third-order valence-electron chi connectivity index (χ3n) is 2.50. The number of aromatic nitrogens is 1. The standard InChI is InChI=1S/C13H15N3/c1-3-9(2)16-12-6-7-15-13-8-10(14)4-5-11(12)13/h3-9H,1,14H2,2H3,(H,15,16). The van der Waals surface area contributed by atoms with Crippen molar-refractivity contribution < 1.29 is 0 Å². The molecule has 0 saturated heterocycles. The molecule has 2 aromatic rings. The lowest BCUT2D eigenvalue weighted by molar-refractivity contribution is 1.00. The van der Waals surface area contributed by atoms with Gasteiger partial charge in [-0.2, -0.15) is 0 Å². The third kappa shape index (κ3) is 1.98. The summed E-state index contributed by atoms with van der Waals surface area (Å²) < 4.78 is 0. The second-order valence-electron chi connectivity index (χ2n) is 3.80. The van der Waals surface area contributed by atoms with Gasteiger partial charge in [-0.05, 0) is 31.2 Å². The molecule has 0 aliphatic heterocycles. The van der Waals surface area contributed by atoms with E-state index in [0.29, 0.717) is 0 Å². The first-order chi connectivity index (χ1) is 7.70. The maximum absolute atomic E-state index is 5.72. The summed E-state index contributed by atoms with van der Waals surface area (Å²) in [4.78, 5) is 4.29. The van der Waals surface area contributed by atoms with Crippen molar-refractivity contribution in [1.29, 1.82) is 0 Å². The lowest BCUT2D eigenvalue weighted by Crippen LogP contribution is -2.11. The lowest BCUT2D eigenvalue weighted by atomic mass is 10.1. The van der Waals surface area contributed by atoms with Gasteiger partial charge in [-0.25, -0.2) is 0 Å².